The second-order valence-electron chi connectivity index (χ2n) is 5.26. The molecule has 4 nitrogen and oxygen atoms in total. The first-order chi connectivity index (χ1) is 11.8. The van der Waals surface area contributed by atoms with E-state index in [1.54, 1.807) is 6.92 Å². The average Bonchev–Trinajstić information content (AvgIpc) is 2.54. The maximum absolute atomic E-state index is 13.4. The number of hydrogen-bond acceptors (Lipinski definition) is 3. The number of alkyl halides is 1. The number of carbonyl (C=O) groups excluding carboxylic acids is 1. The summed E-state index contributed by atoms with van der Waals surface area (Å²) in [7, 11) is 0. The fourth-order valence-corrected chi connectivity index (χ4v) is 2.05. The maximum Gasteiger partial charge on any atom is 0.343 e. The van der Waals surface area contributed by atoms with E-state index in [-0.39, 0.29) is 29.9 Å². The largest absolute Gasteiger partial charge is 0.462 e. The van der Waals surface area contributed by atoms with Crippen LogP contribution in [-0.4, -0.2) is 23.3 Å². The van der Waals surface area contributed by atoms with Gasteiger partial charge in [-0.3, -0.25) is 4.79 Å². The molecule has 0 aliphatic carbocycles. The first-order valence-corrected chi connectivity index (χ1v) is 7.71. The van der Waals surface area contributed by atoms with Crippen LogP contribution in [0.5, 0.6) is 0 Å². The first-order valence-electron chi connectivity index (χ1n) is 7.71. The summed E-state index contributed by atoms with van der Waals surface area (Å²) in [5.74, 6) is -1.38. The number of carbonyl (C=O) groups is 1. The molecule has 0 saturated carbocycles. The highest BCUT2D eigenvalue weighted by Crippen LogP contribution is 2.14. The summed E-state index contributed by atoms with van der Waals surface area (Å²) in [6, 6.07) is 0. The van der Waals surface area contributed by atoms with Crippen LogP contribution in [0.3, 0.4) is 0 Å². The number of hydrogen-bond donors (Lipinski definition) is 0. The number of halogens is 2. The van der Waals surface area contributed by atoms with E-state index >= 15 is 0 Å². The van der Waals surface area contributed by atoms with Gasteiger partial charge in [0.1, 0.15) is 17.6 Å². The summed E-state index contributed by atoms with van der Waals surface area (Å²) in [6.07, 6.45) is 6.26. The predicted octanol–water partition coefficient (Wildman–Crippen LogP) is 3.99. The third kappa shape index (κ3) is 5.99. The Morgan fingerprint density at radius 2 is 2.00 bits per heavy atom. The Hall–Kier alpha value is -2.76. The van der Waals surface area contributed by atoms with Crippen molar-refractivity contribution in [2.45, 2.75) is 26.6 Å². The van der Waals surface area contributed by atoms with Crippen molar-refractivity contribution in [1.29, 1.82) is 0 Å². The fraction of sp³-hybridized carbons (Fsp3) is 0.263. The molecule has 1 rings (SSSR count). The summed E-state index contributed by atoms with van der Waals surface area (Å²) >= 11 is 0. The summed E-state index contributed by atoms with van der Waals surface area (Å²) in [5, 5.41) is 0. The average molecular weight is 349 g/mol. The molecule has 0 radical (unpaired) electrons. The molecule has 1 heterocycles. The number of esters is 1. The lowest BCUT2D eigenvalue weighted by molar-refractivity contribution is 0.0523. The van der Waals surface area contributed by atoms with Crippen LogP contribution in [0, 0.1) is 0 Å². The summed E-state index contributed by atoms with van der Waals surface area (Å²) in [5.41, 5.74) is -0.585. The summed E-state index contributed by atoms with van der Waals surface area (Å²) in [6.45, 7) is 10.1. The molecule has 1 aromatic heterocycles. The van der Waals surface area contributed by atoms with Gasteiger partial charge in [-0.2, -0.15) is 0 Å². The number of pyridine rings is 1. The molecule has 25 heavy (non-hydrogen) atoms. The molecule has 0 aromatic carbocycles. The highest BCUT2D eigenvalue weighted by Gasteiger charge is 2.17. The molecule has 0 amide bonds. The van der Waals surface area contributed by atoms with Gasteiger partial charge < -0.3 is 9.30 Å². The number of ether oxygens (including phenoxy) is 1. The normalized spacial score (nSPS) is 12.9. The molecule has 6 heteroatoms. The molecule has 0 bridgehead atoms. The van der Waals surface area contributed by atoms with E-state index in [1.807, 2.05) is 0 Å². The van der Waals surface area contributed by atoms with Gasteiger partial charge in [0.15, 0.2) is 0 Å². The number of rotatable bonds is 8. The zero-order valence-corrected chi connectivity index (χ0v) is 14.3. The van der Waals surface area contributed by atoms with Gasteiger partial charge in [0.25, 0.3) is 0 Å². The lowest BCUT2D eigenvalue weighted by Crippen LogP contribution is -2.24. The van der Waals surface area contributed by atoms with Crippen molar-refractivity contribution >= 4 is 11.5 Å². The molecule has 0 fully saturated rings. The molecule has 1 unspecified atom stereocenters. The maximum atomic E-state index is 13.4. The minimum absolute atomic E-state index is 0.0542. The van der Waals surface area contributed by atoms with Crippen LogP contribution in [0.15, 0.2) is 60.5 Å². The third-order valence-electron chi connectivity index (χ3n) is 3.10. The second kappa shape index (κ2) is 9.52. The van der Waals surface area contributed by atoms with Crippen LogP contribution < -0.4 is 5.43 Å². The van der Waals surface area contributed by atoms with E-state index in [1.165, 1.54) is 36.0 Å². The smallest absolute Gasteiger partial charge is 0.343 e. The second-order valence-corrected chi connectivity index (χ2v) is 5.26. The van der Waals surface area contributed by atoms with Crippen LogP contribution >= 0.6 is 0 Å². The number of nitrogens with zero attached hydrogens (tertiary/aromatic N) is 1. The third-order valence-corrected chi connectivity index (χ3v) is 3.10. The molecular formula is C19H21F2NO3. The van der Waals surface area contributed by atoms with Crippen LogP contribution in [0.2, 0.25) is 0 Å². The van der Waals surface area contributed by atoms with E-state index in [0.717, 1.165) is 12.2 Å². The van der Waals surface area contributed by atoms with Crippen molar-refractivity contribution in [3.63, 3.8) is 0 Å². The van der Waals surface area contributed by atoms with Crippen molar-refractivity contribution in [3.8, 4) is 0 Å². The van der Waals surface area contributed by atoms with Crippen molar-refractivity contribution in [3.05, 3.63) is 77.0 Å². The Labute approximate surface area is 145 Å². The SMILES string of the molecule is C=C/C=C(F)\C=C/C(=C)c1cn(CC(C)F)cc(C(=O)OCC)c1=O. The van der Waals surface area contributed by atoms with Gasteiger partial charge in [-0.25, -0.2) is 13.6 Å². The van der Waals surface area contributed by atoms with Crippen LogP contribution in [0.25, 0.3) is 5.57 Å². The zero-order chi connectivity index (χ0) is 19.0. The quantitative estimate of drug-likeness (QED) is 0.527. The minimum atomic E-state index is -1.19. The predicted molar refractivity (Wildman–Crippen MR) is 94.8 cm³/mol. The topological polar surface area (TPSA) is 48.3 Å². The molecule has 0 saturated heterocycles. The van der Waals surface area contributed by atoms with E-state index in [9.17, 15) is 18.4 Å². The monoisotopic (exact) mass is 349 g/mol. The molecule has 0 spiro atoms. The Kier molecular flexibility index (Phi) is 7.72. The highest BCUT2D eigenvalue weighted by molar-refractivity contribution is 5.90. The van der Waals surface area contributed by atoms with Gasteiger partial charge in [0.2, 0.25) is 5.43 Å². The first kappa shape index (κ1) is 20.3. The Bertz CT molecular complexity index is 773. The molecule has 0 N–H and O–H groups in total. The lowest BCUT2D eigenvalue weighted by Gasteiger charge is -2.12. The van der Waals surface area contributed by atoms with Crippen molar-refractivity contribution in [2.75, 3.05) is 6.61 Å². The fourth-order valence-electron chi connectivity index (χ4n) is 2.05. The van der Waals surface area contributed by atoms with Crippen LogP contribution in [0.4, 0.5) is 8.78 Å². The van der Waals surface area contributed by atoms with E-state index < -0.39 is 23.4 Å². The molecule has 0 aliphatic heterocycles. The van der Waals surface area contributed by atoms with Crippen LogP contribution in [-0.2, 0) is 11.3 Å². The summed E-state index contributed by atoms with van der Waals surface area (Å²) < 4.78 is 33.0. The van der Waals surface area contributed by atoms with Crippen molar-refractivity contribution < 1.29 is 18.3 Å². The molecule has 0 aliphatic rings. The standard InChI is InChI=1S/C19H21F2NO3/c1-5-7-15(21)9-8-13(3)16-11-22(10-14(4)20)12-17(18(16)23)19(24)25-6-2/h5,7-9,11-12,14H,1,3,6,10H2,2,4H3/b9-8-,15-7+. The minimum Gasteiger partial charge on any atom is -0.462 e. The van der Waals surface area contributed by atoms with E-state index in [2.05, 4.69) is 13.2 Å². The number of allylic oxidation sites excluding steroid dienone is 6. The molecule has 1 atom stereocenters. The van der Waals surface area contributed by atoms with Gasteiger partial charge in [-0.15, -0.1) is 0 Å². The van der Waals surface area contributed by atoms with Gasteiger partial charge in [-0.1, -0.05) is 25.3 Å². The Morgan fingerprint density at radius 1 is 1.36 bits per heavy atom. The molecular weight excluding hydrogens is 328 g/mol. The zero-order valence-electron chi connectivity index (χ0n) is 14.3. The Morgan fingerprint density at radius 3 is 2.56 bits per heavy atom. The van der Waals surface area contributed by atoms with E-state index in [4.69, 9.17) is 4.74 Å². The van der Waals surface area contributed by atoms with Gasteiger partial charge in [0.05, 0.1) is 13.2 Å². The Balaban J connectivity index is 3.37. The van der Waals surface area contributed by atoms with E-state index in [0.29, 0.717) is 0 Å². The molecule has 1 aromatic rings. The van der Waals surface area contributed by atoms with Crippen molar-refractivity contribution in [1.82, 2.24) is 4.57 Å². The van der Waals surface area contributed by atoms with Gasteiger partial charge in [-0.05, 0) is 31.6 Å². The van der Waals surface area contributed by atoms with Crippen molar-refractivity contribution in [2.24, 2.45) is 0 Å². The van der Waals surface area contributed by atoms with Gasteiger partial charge in [0, 0.05) is 18.0 Å². The molecule has 134 valence electrons. The van der Waals surface area contributed by atoms with Gasteiger partial charge >= 0.3 is 5.97 Å². The summed E-state index contributed by atoms with van der Waals surface area (Å²) in [4.78, 5) is 24.5. The highest BCUT2D eigenvalue weighted by atomic mass is 19.1. The number of aromatic nitrogens is 1. The van der Waals surface area contributed by atoms with Crippen LogP contribution in [0.1, 0.15) is 29.8 Å². The lowest BCUT2D eigenvalue weighted by atomic mass is 10.1.